The highest BCUT2D eigenvalue weighted by atomic mass is 19.1. The molecule has 0 aliphatic carbocycles. The Bertz CT molecular complexity index is 794. The number of benzene rings is 2. The average Bonchev–Trinajstić information content (AvgIpc) is 2.57. The van der Waals surface area contributed by atoms with Gasteiger partial charge in [-0.2, -0.15) is 0 Å². The van der Waals surface area contributed by atoms with Gasteiger partial charge >= 0.3 is 5.69 Å². The molecule has 0 heterocycles. The Morgan fingerprint density at radius 1 is 1.33 bits per heavy atom. The fraction of sp³-hybridized carbons (Fsp3) is 0.125. The number of nitrogens with one attached hydrogen (secondary N) is 1. The van der Waals surface area contributed by atoms with Gasteiger partial charge in [-0.3, -0.25) is 19.7 Å². The Morgan fingerprint density at radius 3 is 2.67 bits per heavy atom. The van der Waals surface area contributed by atoms with Crippen molar-refractivity contribution < 1.29 is 23.6 Å². The van der Waals surface area contributed by atoms with Crippen molar-refractivity contribution in [2.45, 2.75) is 13.0 Å². The van der Waals surface area contributed by atoms with Crippen LogP contribution in [0.1, 0.15) is 17.3 Å². The van der Waals surface area contributed by atoms with E-state index in [1.165, 1.54) is 37.3 Å². The van der Waals surface area contributed by atoms with E-state index in [2.05, 4.69) is 5.32 Å². The number of ether oxygens (including phenoxy) is 1. The molecule has 8 heteroatoms. The Morgan fingerprint density at radius 2 is 2.04 bits per heavy atom. The van der Waals surface area contributed by atoms with Gasteiger partial charge in [-0.15, -0.1) is 0 Å². The SMILES string of the molecule is C[C@@H](Oc1ccc(C=O)cc1[N+](=O)[O-])C(=O)Nc1ccccc1F. The number of amides is 1. The van der Waals surface area contributed by atoms with Crippen LogP contribution in [0.3, 0.4) is 0 Å². The highest BCUT2D eigenvalue weighted by molar-refractivity contribution is 5.94. The van der Waals surface area contributed by atoms with Crippen molar-refractivity contribution in [2.24, 2.45) is 0 Å². The first-order valence-electron chi connectivity index (χ1n) is 6.88. The maximum Gasteiger partial charge on any atom is 0.311 e. The smallest absolute Gasteiger partial charge is 0.311 e. The van der Waals surface area contributed by atoms with Gasteiger partial charge in [-0.05, 0) is 31.2 Å². The van der Waals surface area contributed by atoms with E-state index in [0.29, 0.717) is 6.29 Å². The van der Waals surface area contributed by atoms with Crippen molar-refractivity contribution in [3.63, 3.8) is 0 Å². The van der Waals surface area contributed by atoms with Gasteiger partial charge in [0, 0.05) is 11.6 Å². The monoisotopic (exact) mass is 332 g/mol. The summed E-state index contributed by atoms with van der Waals surface area (Å²) in [6.45, 7) is 1.37. The quantitative estimate of drug-likeness (QED) is 0.498. The molecule has 0 aliphatic heterocycles. The summed E-state index contributed by atoms with van der Waals surface area (Å²) < 4.78 is 18.8. The molecular formula is C16H13FN2O5. The van der Waals surface area contributed by atoms with Gasteiger partial charge in [-0.25, -0.2) is 4.39 Å². The van der Waals surface area contributed by atoms with Crippen LogP contribution in [-0.4, -0.2) is 23.2 Å². The summed E-state index contributed by atoms with van der Waals surface area (Å²) in [5, 5.41) is 13.4. The van der Waals surface area contributed by atoms with Crippen LogP contribution in [0.5, 0.6) is 5.75 Å². The van der Waals surface area contributed by atoms with E-state index in [1.54, 1.807) is 6.07 Å². The van der Waals surface area contributed by atoms with E-state index in [4.69, 9.17) is 4.74 Å². The second kappa shape index (κ2) is 7.32. The van der Waals surface area contributed by atoms with Gasteiger partial charge in [0.2, 0.25) is 0 Å². The Kier molecular flexibility index (Phi) is 5.20. The van der Waals surface area contributed by atoms with Crippen molar-refractivity contribution in [3.05, 3.63) is 64.0 Å². The minimum Gasteiger partial charge on any atom is -0.474 e. The third kappa shape index (κ3) is 3.92. The number of carbonyl (C=O) groups excluding carboxylic acids is 2. The molecule has 2 rings (SSSR count). The predicted molar refractivity (Wildman–Crippen MR) is 83.6 cm³/mol. The van der Waals surface area contributed by atoms with E-state index in [-0.39, 0.29) is 17.0 Å². The number of rotatable bonds is 6. The van der Waals surface area contributed by atoms with Crippen LogP contribution in [0.25, 0.3) is 0 Å². The summed E-state index contributed by atoms with van der Waals surface area (Å²) in [6, 6.07) is 9.19. The number of nitro groups is 1. The van der Waals surface area contributed by atoms with Crippen molar-refractivity contribution in [1.82, 2.24) is 0 Å². The standard InChI is InChI=1S/C16H13FN2O5/c1-10(16(21)18-13-5-3-2-4-12(13)17)24-15-7-6-11(9-20)8-14(15)19(22)23/h2-10H,1H3,(H,18,21)/t10-/m1/s1. The summed E-state index contributed by atoms with van der Waals surface area (Å²) in [7, 11) is 0. The van der Waals surface area contributed by atoms with E-state index in [0.717, 1.165) is 6.07 Å². The molecule has 0 unspecified atom stereocenters. The van der Waals surface area contributed by atoms with Crippen molar-refractivity contribution in [1.29, 1.82) is 0 Å². The molecule has 0 radical (unpaired) electrons. The third-order valence-corrected chi connectivity index (χ3v) is 3.12. The fourth-order valence-electron chi connectivity index (χ4n) is 1.89. The second-order valence-electron chi connectivity index (χ2n) is 4.83. The molecule has 24 heavy (non-hydrogen) atoms. The Labute approximate surface area is 136 Å². The van der Waals surface area contributed by atoms with Crippen LogP contribution >= 0.6 is 0 Å². The topological polar surface area (TPSA) is 98.5 Å². The summed E-state index contributed by atoms with van der Waals surface area (Å²) in [5.74, 6) is -1.45. The first kappa shape index (κ1) is 17.1. The number of hydrogen-bond donors (Lipinski definition) is 1. The zero-order valence-electron chi connectivity index (χ0n) is 12.6. The zero-order chi connectivity index (χ0) is 17.7. The summed E-state index contributed by atoms with van der Waals surface area (Å²) in [5.41, 5.74) is -0.355. The minimum absolute atomic E-state index is 0.0243. The average molecular weight is 332 g/mol. The molecule has 0 spiro atoms. The fourth-order valence-corrected chi connectivity index (χ4v) is 1.89. The molecule has 0 aromatic heterocycles. The van der Waals surface area contributed by atoms with Gasteiger partial charge in [0.1, 0.15) is 12.1 Å². The largest absolute Gasteiger partial charge is 0.474 e. The lowest BCUT2D eigenvalue weighted by molar-refractivity contribution is -0.386. The first-order chi connectivity index (χ1) is 11.4. The molecule has 7 nitrogen and oxygen atoms in total. The number of halogens is 1. The van der Waals surface area contributed by atoms with E-state index in [1.807, 2.05) is 0 Å². The second-order valence-corrected chi connectivity index (χ2v) is 4.83. The van der Waals surface area contributed by atoms with Gasteiger partial charge in [-0.1, -0.05) is 12.1 Å². The number of aldehydes is 1. The van der Waals surface area contributed by atoms with Crippen molar-refractivity contribution >= 4 is 23.6 Å². The van der Waals surface area contributed by atoms with Gasteiger partial charge in [0.05, 0.1) is 10.6 Å². The Balaban J connectivity index is 2.15. The van der Waals surface area contributed by atoms with Gasteiger partial charge in [0.25, 0.3) is 5.91 Å². The predicted octanol–water partition coefficient (Wildman–Crippen LogP) is 2.95. The van der Waals surface area contributed by atoms with Gasteiger partial charge in [0.15, 0.2) is 11.9 Å². The number of nitrogens with zero attached hydrogens (tertiary/aromatic N) is 1. The highest BCUT2D eigenvalue weighted by Gasteiger charge is 2.22. The molecule has 0 aliphatic rings. The number of anilines is 1. The van der Waals surface area contributed by atoms with Crippen LogP contribution in [0.15, 0.2) is 42.5 Å². The number of hydrogen-bond acceptors (Lipinski definition) is 5. The highest BCUT2D eigenvalue weighted by Crippen LogP contribution is 2.28. The lowest BCUT2D eigenvalue weighted by atomic mass is 10.2. The lowest BCUT2D eigenvalue weighted by Crippen LogP contribution is -2.30. The maximum absolute atomic E-state index is 13.5. The Hall–Kier alpha value is -3.29. The molecule has 1 N–H and O–H groups in total. The molecular weight excluding hydrogens is 319 g/mol. The molecule has 0 saturated carbocycles. The zero-order valence-corrected chi connectivity index (χ0v) is 12.6. The third-order valence-electron chi connectivity index (χ3n) is 3.12. The van der Waals surface area contributed by atoms with Crippen molar-refractivity contribution in [3.8, 4) is 5.75 Å². The molecule has 1 atom stereocenters. The normalized spacial score (nSPS) is 11.4. The molecule has 1 amide bonds. The van der Waals surface area contributed by atoms with Gasteiger partial charge < -0.3 is 10.1 Å². The minimum atomic E-state index is -1.12. The number of carbonyl (C=O) groups is 2. The molecule has 0 saturated heterocycles. The summed E-state index contributed by atoms with van der Waals surface area (Å²) in [6.07, 6.45) is -0.657. The maximum atomic E-state index is 13.5. The van der Waals surface area contributed by atoms with E-state index >= 15 is 0 Å². The van der Waals surface area contributed by atoms with E-state index < -0.39 is 28.4 Å². The molecule has 0 fully saturated rings. The first-order valence-corrected chi connectivity index (χ1v) is 6.88. The van der Waals surface area contributed by atoms with Crippen LogP contribution in [0.4, 0.5) is 15.8 Å². The lowest BCUT2D eigenvalue weighted by Gasteiger charge is -2.15. The van der Waals surface area contributed by atoms with Crippen LogP contribution in [0.2, 0.25) is 0 Å². The molecule has 2 aromatic rings. The summed E-state index contributed by atoms with van der Waals surface area (Å²) >= 11 is 0. The molecule has 0 bridgehead atoms. The van der Waals surface area contributed by atoms with Crippen molar-refractivity contribution in [2.75, 3.05) is 5.32 Å². The van der Waals surface area contributed by atoms with Crippen LogP contribution < -0.4 is 10.1 Å². The molecule has 124 valence electrons. The van der Waals surface area contributed by atoms with E-state index in [9.17, 15) is 24.1 Å². The summed E-state index contributed by atoms with van der Waals surface area (Å²) in [4.78, 5) is 33.1. The van der Waals surface area contributed by atoms with Crippen LogP contribution in [-0.2, 0) is 4.79 Å². The number of nitro benzene ring substituents is 1. The molecule has 2 aromatic carbocycles. The number of para-hydroxylation sites is 1. The van der Waals surface area contributed by atoms with Crippen LogP contribution in [0, 0.1) is 15.9 Å².